The molecule has 11 heteroatoms. The summed E-state index contributed by atoms with van der Waals surface area (Å²) in [5.74, 6) is -0.528. The number of H-pyrrole nitrogens is 1. The normalized spacial score (nSPS) is 17.0. The van der Waals surface area contributed by atoms with Gasteiger partial charge in [0.25, 0.3) is 5.91 Å². The molecular formula is C30H33F2N7O2. The molecule has 2 aromatic heterocycles. The average Bonchev–Trinajstić information content (AvgIpc) is 3.37. The van der Waals surface area contributed by atoms with Crippen LogP contribution in [0.25, 0.3) is 11.0 Å². The maximum Gasteiger partial charge on any atom is 0.259 e. The maximum absolute atomic E-state index is 14.2. The van der Waals surface area contributed by atoms with Crippen LogP contribution in [0.4, 0.5) is 31.8 Å². The van der Waals surface area contributed by atoms with E-state index in [1.54, 1.807) is 12.1 Å². The Morgan fingerprint density at radius 1 is 1.00 bits per heavy atom. The van der Waals surface area contributed by atoms with Crippen molar-refractivity contribution in [1.82, 2.24) is 20.1 Å². The van der Waals surface area contributed by atoms with Gasteiger partial charge in [-0.3, -0.25) is 9.89 Å². The molecule has 4 heterocycles. The third kappa shape index (κ3) is 6.15. The molecule has 0 aliphatic carbocycles. The van der Waals surface area contributed by atoms with Crippen molar-refractivity contribution >= 4 is 40.0 Å². The second kappa shape index (κ2) is 11.8. The predicted molar refractivity (Wildman–Crippen MR) is 155 cm³/mol. The number of halogens is 2. The summed E-state index contributed by atoms with van der Waals surface area (Å²) in [5, 5.41) is 16.4. The van der Waals surface area contributed by atoms with Crippen LogP contribution in [0.1, 0.15) is 47.5 Å². The SMILES string of the molecule is CN1CCC(c2ccc(C(=O)Nc3n[nH]c4ccc(Nc5cc(F)ccc5F)nc34)c(NC3CCOCC3)c2)CC1. The molecule has 0 spiro atoms. The molecule has 0 atom stereocenters. The predicted octanol–water partition coefficient (Wildman–Crippen LogP) is 5.63. The van der Waals surface area contributed by atoms with Gasteiger partial charge in [-0.05, 0) is 93.7 Å². The summed E-state index contributed by atoms with van der Waals surface area (Å²) in [4.78, 5) is 20.5. The molecule has 4 aromatic rings. The van der Waals surface area contributed by atoms with Gasteiger partial charge in [0.1, 0.15) is 23.0 Å². The van der Waals surface area contributed by atoms with Gasteiger partial charge in [-0.25, -0.2) is 13.8 Å². The first-order chi connectivity index (χ1) is 19.9. The number of hydrogen-bond donors (Lipinski definition) is 4. The van der Waals surface area contributed by atoms with Gasteiger partial charge in [0.2, 0.25) is 0 Å². The van der Waals surface area contributed by atoms with Crippen molar-refractivity contribution in [2.75, 3.05) is 49.3 Å². The van der Waals surface area contributed by atoms with Crippen LogP contribution in [0.15, 0.2) is 48.5 Å². The second-order valence-electron chi connectivity index (χ2n) is 10.8. The molecule has 4 N–H and O–H groups in total. The summed E-state index contributed by atoms with van der Waals surface area (Å²) in [6.45, 7) is 3.48. The summed E-state index contributed by atoms with van der Waals surface area (Å²) in [7, 11) is 2.15. The molecule has 0 saturated carbocycles. The number of piperidine rings is 1. The van der Waals surface area contributed by atoms with Crippen LogP contribution in [0.2, 0.25) is 0 Å². The summed E-state index contributed by atoms with van der Waals surface area (Å²) in [5.41, 5.74) is 3.48. The van der Waals surface area contributed by atoms with Gasteiger partial charge in [-0.15, -0.1) is 0 Å². The van der Waals surface area contributed by atoms with Crippen molar-refractivity contribution in [3.63, 3.8) is 0 Å². The van der Waals surface area contributed by atoms with Crippen LogP contribution in [0.3, 0.4) is 0 Å². The van der Waals surface area contributed by atoms with Crippen molar-refractivity contribution in [3.05, 3.63) is 71.3 Å². The Balaban J connectivity index is 1.26. The molecule has 2 aliphatic rings. The number of ether oxygens (including phenoxy) is 1. The molecule has 214 valence electrons. The number of rotatable bonds is 7. The number of carbonyl (C=O) groups is 1. The van der Waals surface area contributed by atoms with Crippen molar-refractivity contribution in [3.8, 4) is 0 Å². The Kier molecular flexibility index (Phi) is 7.80. The lowest BCUT2D eigenvalue weighted by molar-refractivity contribution is 0.0904. The Morgan fingerprint density at radius 2 is 1.80 bits per heavy atom. The first-order valence-corrected chi connectivity index (χ1v) is 14.0. The highest BCUT2D eigenvalue weighted by Gasteiger charge is 2.23. The number of likely N-dealkylation sites (tertiary alicyclic amines) is 1. The quantitative estimate of drug-likeness (QED) is 0.232. The van der Waals surface area contributed by atoms with Gasteiger partial charge in [-0.2, -0.15) is 5.10 Å². The van der Waals surface area contributed by atoms with E-state index < -0.39 is 11.6 Å². The van der Waals surface area contributed by atoms with Gasteiger partial charge in [-0.1, -0.05) is 6.07 Å². The molecule has 2 fully saturated rings. The minimum atomic E-state index is -0.609. The largest absolute Gasteiger partial charge is 0.381 e. The van der Waals surface area contributed by atoms with Gasteiger partial charge in [0.15, 0.2) is 5.82 Å². The monoisotopic (exact) mass is 561 g/mol. The van der Waals surface area contributed by atoms with E-state index in [0.29, 0.717) is 35.7 Å². The fraction of sp³-hybridized carbons (Fsp3) is 0.367. The summed E-state index contributed by atoms with van der Waals surface area (Å²) in [6, 6.07) is 12.7. The van der Waals surface area contributed by atoms with E-state index in [0.717, 1.165) is 62.7 Å². The maximum atomic E-state index is 14.2. The number of fused-ring (bicyclic) bond motifs is 1. The van der Waals surface area contributed by atoms with E-state index in [2.05, 4.69) is 55.2 Å². The summed E-state index contributed by atoms with van der Waals surface area (Å²) < 4.78 is 33.3. The number of anilines is 4. The van der Waals surface area contributed by atoms with Gasteiger partial charge in [0.05, 0.1) is 16.8 Å². The highest BCUT2D eigenvalue weighted by atomic mass is 19.1. The van der Waals surface area contributed by atoms with E-state index in [1.807, 2.05) is 6.07 Å². The number of amides is 1. The zero-order valence-electron chi connectivity index (χ0n) is 22.8. The van der Waals surface area contributed by atoms with Gasteiger partial charge < -0.3 is 25.6 Å². The van der Waals surface area contributed by atoms with Crippen molar-refractivity contribution in [2.24, 2.45) is 0 Å². The average molecular weight is 562 g/mol. The third-order valence-electron chi connectivity index (χ3n) is 7.89. The molecule has 9 nitrogen and oxygen atoms in total. The zero-order valence-corrected chi connectivity index (χ0v) is 22.8. The number of carbonyl (C=O) groups excluding carboxylic acids is 1. The van der Waals surface area contributed by atoms with Crippen molar-refractivity contribution < 1.29 is 18.3 Å². The number of hydrogen-bond acceptors (Lipinski definition) is 7. The second-order valence-corrected chi connectivity index (χ2v) is 10.8. The smallest absolute Gasteiger partial charge is 0.259 e. The Hall–Kier alpha value is -4.09. The molecule has 41 heavy (non-hydrogen) atoms. The summed E-state index contributed by atoms with van der Waals surface area (Å²) >= 11 is 0. The molecular weight excluding hydrogens is 528 g/mol. The fourth-order valence-corrected chi connectivity index (χ4v) is 5.50. The first-order valence-electron chi connectivity index (χ1n) is 14.0. The molecule has 0 unspecified atom stereocenters. The lowest BCUT2D eigenvalue weighted by Gasteiger charge is -2.30. The van der Waals surface area contributed by atoms with E-state index in [-0.39, 0.29) is 29.3 Å². The summed E-state index contributed by atoms with van der Waals surface area (Å²) in [6.07, 6.45) is 3.91. The minimum absolute atomic E-state index is 0.0422. The van der Waals surface area contributed by atoms with Crippen LogP contribution in [0, 0.1) is 11.6 Å². The lowest BCUT2D eigenvalue weighted by Crippen LogP contribution is -2.30. The van der Waals surface area contributed by atoms with E-state index >= 15 is 0 Å². The highest BCUT2D eigenvalue weighted by molar-refractivity contribution is 6.10. The van der Waals surface area contributed by atoms with Crippen LogP contribution in [-0.4, -0.2) is 65.4 Å². The minimum Gasteiger partial charge on any atom is -0.381 e. The molecule has 2 saturated heterocycles. The number of aromatic nitrogens is 3. The van der Waals surface area contributed by atoms with E-state index in [1.165, 1.54) is 5.56 Å². The van der Waals surface area contributed by atoms with Crippen LogP contribution in [-0.2, 0) is 4.74 Å². The molecule has 1 amide bonds. The van der Waals surface area contributed by atoms with Gasteiger partial charge in [0, 0.05) is 31.0 Å². The zero-order chi connectivity index (χ0) is 28.3. The topological polar surface area (TPSA) is 107 Å². The van der Waals surface area contributed by atoms with Crippen LogP contribution < -0.4 is 16.0 Å². The number of nitrogens with one attached hydrogen (secondary N) is 4. The molecule has 2 aromatic carbocycles. The highest BCUT2D eigenvalue weighted by Crippen LogP contribution is 2.32. The molecule has 0 bridgehead atoms. The number of pyridine rings is 1. The number of benzene rings is 2. The third-order valence-corrected chi connectivity index (χ3v) is 7.89. The molecule has 2 aliphatic heterocycles. The lowest BCUT2D eigenvalue weighted by atomic mass is 9.88. The molecule has 0 radical (unpaired) electrons. The Labute approximate surface area is 236 Å². The number of aromatic amines is 1. The van der Waals surface area contributed by atoms with Crippen LogP contribution in [0.5, 0.6) is 0 Å². The van der Waals surface area contributed by atoms with Gasteiger partial charge >= 0.3 is 0 Å². The van der Waals surface area contributed by atoms with E-state index in [4.69, 9.17) is 4.74 Å². The van der Waals surface area contributed by atoms with E-state index in [9.17, 15) is 13.6 Å². The number of nitrogens with zero attached hydrogens (tertiary/aromatic N) is 3. The van der Waals surface area contributed by atoms with Crippen molar-refractivity contribution in [1.29, 1.82) is 0 Å². The fourth-order valence-electron chi connectivity index (χ4n) is 5.50. The van der Waals surface area contributed by atoms with Crippen molar-refractivity contribution in [2.45, 2.75) is 37.6 Å². The van der Waals surface area contributed by atoms with Crippen LogP contribution >= 0.6 is 0 Å². The first kappa shape index (κ1) is 27.1. The standard InChI is InChI=1S/C30H33F2N7O2/c1-39-12-8-18(9-13-39)19-2-4-22(25(16-19)33-21-10-14-41-15-11-21)30(40)36-29-28-24(37-38-29)6-7-27(35-28)34-26-17-20(31)3-5-23(26)32/h2-7,16-18,21,33H,8-15H2,1H3,(H,34,35)(H2,36,37,38,40). The Morgan fingerprint density at radius 3 is 2.61 bits per heavy atom. The molecule has 6 rings (SSSR count). The Bertz CT molecular complexity index is 1550.